The van der Waals surface area contributed by atoms with E-state index in [9.17, 15) is 8.78 Å². The van der Waals surface area contributed by atoms with E-state index in [1.807, 2.05) is 13.2 Å². The Morgan fingerprint density at radius 3 is 2.40 bits per heavy atom. The Labute approximate surface area is 122 Å². The second kappa shape index (κ2) is 6.86. The van der Waals surface area contributed by atoms with Crippen molar-refractivity contribution in [3.63, 3.8) is 0 Å². The lowest BCUT2D eigenvalue weighted by atomic mass is 10.1. The fourth-order valence-electron chi connectivity index (χ4n) is 1.94. The Morgan fingerprint density at radius 2 is 1.80 bits per heavy atom. The summed E-state index contributed by atoms with van der Waals surface area (Å²) in [4.78, 5) is 1.21. The monoisotopic (exact) mass is 293 g/mol. The molecule has 4 heteroatoms. The van der Waals surface area contributed by atoms with Crippen LogP contribution in [0.25, 0.3) is 0 Å². The maximum absolute atomic E-state index is 13.5. The molecule has 0 saturated heterocycles. The molecule has 0 aliphatic carbocycles. The van der Waals surface area contributed by atoms with Crippen molar-refractivity contribution in [2.24, 2.45) is 0 Å². The zero-order valence-electron chi connectivity index (χ0n) is 11.5. The van der Waals surface area contributed by atoms with Crippen LogP contribution in [0.2, 0.25) is 0 Å². The first-order valence-corrected chi connectivity index (χ1v) is 7.64. The molecule has 0 aliphatic heterocycles. The standard InChI is InChI=1S/C16H17F2NS/c1-11(12-4-7-15(20-2)8-5-12)19-10-13-3-6-14(17)9-16(13)18/h3-9,11,19H,10H2,1-2H3. The van der Waals surface area contributed by atoms with Crippen LogP contribution in [0.3, 0.4) is 0 Å². The van der Waals surface area contributed by atoms with E-state index in [1.54, 1.807) is 11.8 Å². The second-order valence-electron chi connectivity index (χ2n) is 4.61. The predicted molar refractivity (Wildman–Crippen MR) is 79.8 cm³/mol. The molecular weight excluding hydrogens is 276 g/mol. The highest BCUT2D eigenvalue weighted by Gasteiger charge is 2.08. The first-order chi connectivity index (χ1) is 9.60. The summed E-state index contributed by atoms with van der Waals surface area (Å²) >= 11 is 1.70. The highest BCUT2D eigenvalue weighted by atomic mass is 32.2. The Balaban J connectivity index is 1.98. The Hall–Kier alpha value is -1.39. The maximum Gasteiger partial charge on any atom is 0.130 e. The second-order valence-corrected chi connectivity index (χ2v) is 5.49. The molecule has 2 rings (SSSR count). The van der Waals surface area contributed by atoms with Crippen molar-refractivity contribution >= 4 is 11.8 Å². The van der Waals surface area contributed by atoms with Gasteiger partial charge in [-0.2, -0.15) is 0 Å². The van der Waals surface area contributed by atoms with E-state index in [1.165, 1.54) is 17.0 Å². The van der Waals surface area contributed by atoms with Crippen LogP contribution in [0, 0.1) is 11.6 Å². The summed E-state index contributed by atoms with van der Waals surface area (Å²) in [5.74, 6) is -1.06. The van der Waals surface area contributed by atoms with Crippen LogP contribution in [0.15, 0.2) is 47.4 Å². The van der Waals surface area contributed by atoms with E-state index in [0.29, 0.717) is 12.1 Å². The van der Waals surface area contributed by atoms with Crippen LogP contribution in [0.4, 0.5) is 8.78 Å². The summed E-state index contributed by atoms with van der Waals surface area (Å²) in [6, 6.07) is 12.0. The van der Waals surface area contributed by atoms with E-state index in [2.05, 4.69) is 29.6 Å². The van der Waals surface area contributed by atoms with Gasteiger partial charge in [0.15, 0.2) is 0 Å². The summed E-state index contributed by atoms with van der Waals surface area (Å²) in [6.07, 6.45) is 2.04. The van der Waals surface area contributed by atoms with E-state index in [4.69, 9.17) is 0 Å². The normalized spacial score (nSPS) is 12.4. The largest absolute Gasteiger partial charge is 0.306 e. The van der Waals surface area contributed by atoms with Crippen molar-refractivity contribution in [2.45, 2.75) is 24.4 Å². The molecule has 0 aliphatic rings. The number of thioether (sulfide) groups is 1. The molecule has 0 aromatic heterocycles. The van der Waals surface area contributed by atoms with Crippen molar-refractivity contribution in [1.82, 2.24) is 5.32 Å². The van der Waals surface area contributed by atoms with Crippen LogP contribution >= 0.6 is 11.8 Å². The molecule has 0 spiro atoms. The van der Waals surface area contributed by atoms with Crippen LogP contribution in [-0.4, -0.2) is 6.26 Å². The molecule has 0 heterocycles. The third-order valence-corrected chi connectivity index (χ3v) is 3.97. The molecule has 0 amide bonds. The molecule has 106 valence electrons. The molecule has 1 atom stereocenters. The van der Waals surface area contributed by atoms with Gasteiger partial charge in [0.25, 0.3) is 0 Å². The number of halogens is 2. The van der Waals surface area contributed by atoms with Gasteiger partial charge in [-0.1, -0.05) is 18.2 Å². The SMILES string of the molecule is CSc1ccc(C(C)NCc2ccc(F)cc2F)cc1. The fraction of sp³-hybridized carbons (Fsp3) is 0.250. The van der Waals surface area contributed by atoms with Gasteiger partial charge in [0.2, 0.25) is 0 Å². The molecule has 1 unspecified atom stereocenters. The van der Waals surface area contributed by atoms with E-state index >= 15 is 0 Å². The minimum Gasteiger partial charge on any atom is -0.306 e. The quantitative estimate of drug-likeness (QED) is 0.812. The van der Waals surface area contributed by atoms with Crippen molar-refractivity contribution in [2.75, 3.05) is 6.26 Å². The molecule has 0 fully saturated rings. The van der Waals surface area contributed by atoms with Gasteiger partial charge in [-0.05, 0) is 36.9 Å². The smallest absolute Gasteiger partial charge is 0.130 e. The molecule has 0 bridgehead atoms. The van der Waals surface area contributed by atoms with Gasteiger partial charge in [0.1, 0.15) is 11.6 Å². The van der Waals surface area contributed by atoms with Crippen molar-refractivity contribution in [3.8, 4) is 0 Å². The summed E-state index contributed by atoms with van der Waals surface area (Å²) in [7, 11) is 0. The zero-order valence-corrected chi connectivity index (χ0v) is 12.3. The van der Waals surface area contributed by atoms with Crippen molar-refractivity contribution < 1.29 is 8.78 Å². The van der Waals surface area contributed by atoms with Gasteiger partial charge in [0.05, 0.1) is 0 Å². The highest BCUT2D eigenvalue weighted by molar-refractivity contribution is 7.98. The van der Waals surface area contributed by atoms with E-state index in [-0.39, 0.29) is 6.04 Å². The highest BCUT2D eigenvalue weighted by Crippen LogP contribution is 2.19. The molecule has 0 radical (unpaired) electrons. The summed E-state index contributed by atoms with van der Waals surface area (Å²) in [6.45, 7) is 2.40. The molecule has 20 heavy (non-hydrogen) atoms. The maximum atomic E-state index is 13.5. The summed E-state index contributed by atoms with van der Waals surface area (Å²) < 4.78 is 26.3. The lowest BCUT2D eigenvalue weighted by Gasteiger charge is -2.15. The van der Waals surface area contributed by atoms with Crippen molar-refractivity contribution in [1.29, 1.82) is 0 Å². The average Bonchev–Trinajstić information content (AvgIpc) is 2.46. The number of rotatable bonds is 5. The number of benzene rings is 2. The van der Waals surface area contributed by atoms with Crippen LogP contribution in [0.1, 0.15) is 24.1 Å². The molecule has 1 N–H and O–H groups in total. The molecule has 1 nitrogen and oxygen atoms in total. The van der Waals surface area contributed by atoms with Gasteiger partial charge in [-0.25, -0.2) is 8.78 Å². The summed E-state index contributed by atoms with van der Waals surface area (Å²) in [5, 5.41) is 3.24. The van der Waals surface area contributed by atoms with E-state index < -0.39 is 11.6 Å². The molecule has 0 saturated carbocycles. The van der Waals surface area contributed by atoms with Gasteiger partial charge in [-0.3, -0.25) is 0 Å². The average molecular weight is 293 g/mol. The van der Waals surface area contributed by atoms with Gasteiger partial charge < -0.3 is 5.32 Å². The molecule has 2 aromatic carbocycles. The Morgan fingerprint density at radius 1 is 1.10 bits per heavy atom. The number of nitrogens with one attached hydrogen (secondary N) is 1. The van der Waals surface area contributed by atoms with Crippen LogP contribution in [0.5, 0.6) is 0 Å². The first-order valence-electron chi connectivity index (χ1n) is 6.41. The Kier molecular flexibility index (Phi) is 5.15. The van der Waals surface area contributed by atoms with Crippen molar-refractivity contribution in [3.05, 3.63) is 65.2 Å². The minimum absolute atomic E-state index is 0.107. The Bertz CT molecular complexity index is 569. The topological polar surface area (TPSA) is 12.0 Å². The molecule has 2 aromatic rings. The minimum atomic E-state index is -0.549. The van der Waals surface area contributed by atoms with Gasteiger partial charge in [0, 0.05) is 29.1 Å². The third-order valence-electron chi connectivity index (χ3n) is 3.23. The van der Waals surface area contributed by atoms with Gasteiger partial charge in [-0.15, -0.1) is 11.8 Å². The predicted octanol–water partition coefficient (Wildman–Crippen LogP) is 4.54. The van der Waals surface area contributed by atoms with Gasteiger partial charge >= 0.3 is 0 Å². The zero-order chi connectivity index (χ0) is 14.5. The lowest BCUT2D eigenvalue weighted by Crippen LogP contribution is -2.18. The van der Waals surface area contributed by atoms with Crippen LogP contribution < -0.4 is 5.32 Å². The number of hydrogen-bond donors (Lipinski definition) is 1. The molecular formula is C16H17F2NS. The number of hydrogen-bond acceptors (Lipinski definition) is 2. The van der Waals surface area contributed by atoms with E-state index in [0.717, 1.165) is 11.6 Å². The third kappa shape index (κ3) is 3.81. The first kappa shape index (κ1) is 15.0. The summed E-state index contributed by atoms with van der Waals surface area (Å²) in [5.41, 5.74) is 1.62. The lowest BCUT2D eigenvalue weighted by molar-refractivity contribution is 0.533. The fourth-order valence-corrected chi connectivity index (χ4v) is 2.35. The van der Waals surface area contributed by atoms with Crippen LogP contribution in [-0.2, 0) is 6.54 Å².